The molecule has 0 aliphatic heterocycles. The third-order valence-corrected chi connectivity index (χ3v) is 3.48. The number of benzene rings is 1. The number of amides is 1. The molecule has 0 fully saturated rings. The van der Waals surface area contributed by atoms with Gasteiger partial charge >= 0.3 is 6.16 Å². The van der Waals surface area contributed by atoms with Crippen molar-refractivity contribution in [2.24, 2.45) is 0 Å². The molecule has 0 saturated heterocycles. The molecule has 0 radical (unpaired) electrons. The second-order valence-electron chi connectivity index (χ2n) is 6.09. The molecule has 128 valence electrons. The molecule has 2 N–H and O–H groups in total. The van der Waals surface area contributed by atoms with E-state index in [2.05, 4.69) is 23.9 Å². The maximum atomic E-state index is 12.4. The average molecular weight is 331 g/mol. The van der Waals surface area contributed by atoms with Crippen LogP contribution in [-0.4, -0.2) is 17.2 Å². The zero-order valence-corrected chi connectivity index (χ0v) is 14.1. The molecule has 1 heterocycles. The number of carboxylic acid groups (broad SMARTS) is 1. The summed E-state index contributed by atoms with van der Waals surface area (Å²) in [5, 5.41) is 11.3. The van der Waals surface area contributed by atoms with Crippen molar-refractivity contribution in [3.05, 3.63) is 47.4 Å². The summed E-state index contributed by atoms with van der Waals surface area (Å²) in [6.07, 6.45) is -1.38. The molecule has 0 atom stereocenters. The van der Waals surface area contributed by atoms with Gasteiger partial charge in [0.15, 0.2) is 5.76 Å². The number of furan rings is 1. The normalized spacial score (nSPS) is 10.9. The van der Waals surface area contributed by atoms with Crippen LogP contribution in [0.15, 0.2) is 34.7 Å². The monoisotopic (exact) mass is 331 g/mol. The molecular formula is C18H21NO5. The molecule has 0 unspecified atom stereocenters. The number of anilines is 1. The van der Waals surface area contributed by atoms with E-state index in [1.165, 1.54) is 12.1 Å². The van der Waals surface area contributed by atoms with E-state index in [9.17, 15) is 9.59 Å². The molecule has 0 aliphatic rings. The first-order chi connectivity index (χ1) is 11.3. The van der Waals surface area contributed by atoms with Crippen molar-refractivity contribution < 1.29 is 23.8 Å². The van der Waals surface area contributed by atoms with Gasteiger partial charge in [-0.3, -0.25) is 4.79 Å². The molecular weight excluding hydrogens is 310 g/mol. The third kappa shape index (κ3) is 4.16. The molecule has 1 aromatic carbocycles. The van der Waals surface area contributed by atoms with Crippen molar-refractivity contribution in [1.29, 1.82) is 0 Å². The lowest BCUT2D eigenvalue weighted by molar-refractivity contribution is 0.0994. The third-order valence-electron chi connectivity index (χ3n) is 3.48. The van der Waals surface area contributed by atoms with E-state index in [1.54, 1.807) is 18.2 Å². The average Bonchev–Trinajstić information content (AvgIpc) is 2.94. The standard InChI is InChI=1S/C18H21NO5/c1-10(2)14-9-15(24-16(14)11(3)4)17(20)19-12-5-7-13(8-6-12)23-18(21)22/h5-11H,1-4H3,(H,19,20)(H,21,22). The number of nitrogens with one attached hydrogen (secondary N) is 1. The van der Waals surface area contributed by atoms with Gasteiger partial charge in [0.25, 0.3) is 5.91 Å². The number of rotatable bonds is 5. The molecule has 1 aromatic heterocycles. The molecule has 6 nitrogen and oxygen atoms in total. The van der Waals surface area contributed by atoms with E-state index < -0.39 is 6.16 Å². The van der Waals surface area contributed by atoms with Crippen LogP contribution < -0.4 is 10.1 Å². The number of carbonyl (C=O) groups excluding carboxylic acids is 1. The van der Waals surface area contributed by atoms with E-state index >= 15 is 0 Å². The Bertz CT molecular complexity index is 703. The Balaban J connectivity index is 2.15. The minimum Gasteiger partial charge on any atom is -0.455 e. The fourth-order valence-corrected chi connectivity index (χ4v) is 2.33. The second-order valence-corrected chi connectivity index (χ2v) is 6.09. The highest BCUT2D eigenvalue weighted by Gasteiger charge is 2.20. The number of hydrogen-bond donors (Lipinski definition) is 2. The van der Waals surface area contributed by atoms with Crippen LogP contribution in [0, 0.1) is 0 Å². The molecule has 0 bridgehead atoms. The Morgan fingerprint density at radius 2 is 1.71 bits per heavy atom. The van der Waals surface area contributed by atoms with Crippen molar-refractivity contribution in [2.75, 3.05) is 5.32 Å². The Kier molecular flexibility index (Phi) is 5.28. The van der Waals surface area contributed by atoms with Gasteiger partial charge in [-0.1, -0.05) is 27.7 Å². The van der Waals surface area contributed by atoms with Crippen molar-refractivity contribution in [1.82, 2.24) is 0 Å². The van der Waals surface area contributed by atoms with E-state index in [-0.39, 0.29) is 29.3 Å². The maximum Gasteiger partial charge on any atom is 0.511 e. The summed E-state index contributed by atoms with van der Waals surface area (Å²) in [5.74, 6) is 1.36. The lowest BCUT2D eigenvalue weighted by Crippen LogP contribution is -2.11. The predicted octanol–water partition coefficient (Wildman–Crippen LogP) is 4.84. The predicted molar refractivity (Wildman–Crippen MR) is 89.9 cm³/mol. The molecule has 2 aromatic rings. The summed E-state index contributed by atoms with van der Waals surface area (Å²) < 4.78 is 10.2. The van der Waals surface area contributed by atoms with Gasteiger partial charge in [0, 0.05) is 11.6 Å². The summed E-state index contributed by atoms with van der Waals surface area (Å²) in [4.78, 5) is 22.8. The van der Waals surface area contributed by atoms with Crippen molar-refractivity contribution in [2.45, 2.75) is 39.5 Å². The first-order valence-electron chi connectivity index (χ1n) is 7.73. The highest BCUT2D eigenvalue weighted by atomic mass is 16.7. The Morgan fingerprint density at radius 1 is 1.08 bits per heavy atom. The zero-order chi connectivity index (χ0) is 17.9. The SMILES string of the molecule is CC(C)c1cc(C(=O)Nc2ccc(OC(=O)O)cc2)oc1C(C)C. The zero-order valence-electron chi connectivity index (χ0n) is 14.1. The summed E-state index contributed by atoms with van der Waals surface area (Å²) in [7, 11) is 0. The number of ether oxygens (including phenoxy) is 1. The van der Waals surface area contributed by atoms with Crippen LogP contribution in [0.2, 0.25) is 0 Å². The topological polar surface area (TPSA) is 88.8 Å². The van der Waals surface area contributed by atoms with Gasteiger partial charge in [0.05, 0.1) is 0 Å². The van der Waals surface area contributed by atoms with Crippen LogP contribution in [0.25, 0.3) is 0 Å². The highest BCUT2D eigenvalue weighted by Crippen LogP contribution is 2.30. The first-order valence-corrected chi connectivity index (χ1v) is 7.73. The van der Waals surface area contributed by atoms with E-state index in [0.29, 0.717) is 5.69 Å². The van der Waals surface area contributed by atoms with E-state index in [0.717, 1.165) is 11.3 Å². The molecule has 0 spiro atoms. The minimum absolute atomic E-state index is 0.183. The minimum atomic E-state index is -1.38. The fourth-order valence-electron chi connectivity index (χ4n) is 2.33. The molecule has 2 rings (SSSR count). The van der Waals surface area contributed by atoms with Gasteiger partial charge in [0.1, 0.15) is 11.5 Å². The van der Waals surface area contributed by atoms with Gasteiger partial charge in [-0.25, -0.2) is 4.79 Å². The molecule has 1 amide bonds. The molecule has 0 aliphatic carbocycles. The van der Waals surface area contributed by atoms with Crippen molar-refractivity contribution in [3.63, 3.8) is 0 Å². The van der Waals surface area contributed by atoms with Crippen LogP contribution in [0.3, 0.4) is 0 Å². The van der Waals surface area contributed by atoms with Crippen LogP contribution in [-0.2, 0) is 0 Å². The molecule has 24 heavy (non-hydrogen) atoms. The number of hydrogen-bond acceptors (Lipinski definition) is 4. The van der Waals surface area contributed by atoms with Gasteiger partial charge in [-0.15, -0.1) is 0 Å². The lowest BCUT2D eigenvalue weighted by atomic mass is 9.98. The van der Waals surface area contributed by atoms with Gasteiger partial charge in [-0.05, 0) is 41.8 Å². The van der Waals surface area contributed by atoms with Gasteiger partial charge < -0.3 is 19.6 Å². The lowest BCUT2D eigenvalue weighted by Gasteiger charge is -2.07. The van der Waals surface area contributed by atoms with Crippen LogP contribution in [0.4, 0.5) is 10.5 Å². The Hall–Kier alpha value is -2.76. The molecule has 0 saturated carbocycles. The molecule has 6 heteroatoms. The summed E-state index contributed by atoms with van der Waals surface area (Å²) in [6.45, 7) is 8.15. The van der Waals surface area contributed by atoms with Crippen LogP contribution in [0.1, 0.15) is 61.4 Å². The quantitative estimate of drug-likeness (QED) is 0.605. The van der Waals surface area contributed by atoms with Crippen LogP contribution in [0.5, 0.6) is 5.75 Å². The maximum absolute atomic E-state index is 12.4. The second kappa shape index (κ2) is 7.21. The van der Waals surface area contributed by atoms with Gasteiger partial charge in [0.2, 0.25) is 0 Å². The van der Waals surface area contributed by atoms with E-state index in [1.807, 2.05) is 13.8 Å². The summed E-state index contributed by atoms with van der Waals surface area (Å²) in [6, 6.07) is 7.82. The summed E-state index contributed by atoms with van der Waals surface area (Å²) in [5.41, 5.74) is 1.55. The smallest absolute Gasteiger partial charge is 0.455 e. The van der Waals surface area contributed by atoms with E-state index in [4.69, 9.17) is 9.52 Å². The van der Waals surface area contributed by atoms with Gasteiger partial charge in [-0.2, -0.15) is 0 Å². The number of carbonyl (C=O) groups is 2. The summed E-state index contributed by atoms with van der Waals surface area (Å²) >= 11 is 0. The largest absolute Gasteiger partial charge is 0.511 e. The highest BCUT2D eigenvalue weighted by molar-refractivity contribution is 6.02. The van der Waals surface area contributed by atoms with Crippen LogP contribution >= 0.6 is 0 Å². The van der Waals surface area contributed by atoms with Crippen molar-refractivity contribution >= 4 is 17.7 Å². The first kappa shape index (κ1) is 17.6. The Labute approximate surface area is 140 Å². The van der Waals surface area contributed by atoms with Crippen molar-refractivity contribution in [3.8, 4) is 5.75 Å². The fraction of sp³-hybridized carbons (Fsp3) is 0.333. The Morgan fingerprint density at radius 3 is 2.17 bits per heavy atom.